The number of nitrogens with one attached hydrogen (secondary N) is 2. The van der Waals surface area contributed by atoms with Crippen molar-refractivity contribution < 1.29 is 29.3 Å². The zero-order valence-electron chi connectivity index (χ0n) is 21.9. The molecule has 4 N–H and O–H groups in total. The Balaban J connectivity index is 1.45. The van der Waals surface area contributed by atoms with Gasteiger partial charge in [-0.1, -0.05) is 11.6 Å². The lowest BCUT2D eigenvalue weighted by molar-refractivity contribution is -0.123. The lowest BCUT2D eigenvalue weighted by Crippen LogP contribution is -2.41. The molecule has 0 amide bonds. The maximum Gasteiger partial charge on any atom is 0.194 e. The van der Waals surface area contributed by atoms with E-state index in [2.05, 4.69) is 10.3 Å². The van der Waals surface area contributed by atoms with E-state index < -0.39 is 28.5 Å². The predicted molar refractivity (Wildman–Crippen MR) is 145 cm³/mol. The molecule has 1 aromatic heterocycles. The lowest BCUT2D eigenvalue weighted by Gasteiger charge is -2.30. The van der Waals surface area contributed by atoms with Gasteiger partial charge >= 0.3 is 0 Å². The fourth-order valence-electron chi connectivity index (χ4n) is 6.28. The number of carbonyl (C=O) groups excluding carboxylic acids is 3. The SMILES string of the molecule is CC(=O)c1c(O)c(C)c(O)c2c1OC1=CC(=O)C(=C(C)NC3CCCc4c3[nH]c3ccc(Cl)cc43)C(=O)[C@@]12C. The van der Waals surface area contributed by atoms with Gasteiger partial charge in [0, 0.05) is 39.0 Å². The Kier molecular flexibility index (Phi) is 5.49. The van der Waals surface area contributed by atoms with E-state index in [1.165, 1.54) is 25.5 Å². The molecular formula is C30H27ClN2O6. The Labute approximate surface area is 229 Å². The monoisotopic (exact) mass is 546 g/mol. The number of phenols is 2. The topological polar surface area (TPSA) is 129 Å². The Morgan fingerprint density at radius 2 is 1.95 bits per heavy atom. The number of benzene rings is 2. The minimum Gasteiger partial charge on any atom is -0.507 e. The fraction of sp³-hybridized carbons (Fsp3) is 0.300. The number of Topliss-reactive ketones (excluding diaryl/α,β-unsaturated/α-hetero) is 2. The third kappa shape index (κ3) is 3.40. The molecule has 6 rings (SSSR count). The van der Waals surface area contributed by atoms with Gasteiger partial charge < -0.3 is 25.3 Å². The molecule has 9 heteroatoms. The van der Waals surface area contributed by atoms with Crippen LogP contribution >= 0.6 is 11.6 Å². The van der Waals surface area contributed by atoms with Crippen molar-refractivity contribution in [1.82, 2.24) is 10.3 Å². The molecular weight excluding hydrogens is 520 g/mol. The van der Waals surface area contributed by atoms with E-state index in [0.717, 1.165) is 35.9 Å². The van der Waals surface area contributed by atoms with Crippen LogP contribution in [0.3, 0.4) is 0 Å². The zero-order valence-corrected chi connectivity index (χ0v) is 22.7. The van der Waals surface area contributed by atoms with Crippen LogP contribution in [-0.4, -0.2) is 32.5 Å². The number of carbonyl (C=O) groups is 3. The lowest BCUT2D eigenvalue weighted by atomic mass is 9.70. The summed E-state index contributed by atoms with van der Waals surface area (Å²) in [5.74, 6) is -2.42. The number of hydrogen-bond acceptors (Lipinski definition) is 7. The second-order valence-electron chi connectivity index (χ2n) is 10.7. The summed E-state index contributed by atoms with van der Waals surface area (Å²) in [4.78, 5) is 43.3. The maximum atomic E-state index is 14.1. The van der Waals surface area contributed by atoms with E-state index in [9.17, 15) is 24.6 Å². The number of H-pyrrole nitrogens is 1. The summed E-state index contributed by atoms with van der Waals surface area (Å²) in [5.41, 5.74) is 1.96. The number of aromatic nitrogens is 1. The minimum atomic E-state index is -1.55. The molecule has 2 atom stereocenters. The van der Waals surface area contributed by atoms with Gasteiger partial charge in [0.25, 0.3) is 0 Å². The second-order valence-corrected chi connectivity index (χ2v) is 11.1. The van der Waals surface area contributed by atoms with E-state index in [4.69, 9.17) is 16.3 Å². The van der Waals surface area contributed by atoms with Crippen LogP contribution in [0.25, 0.3) is 10.9 Å². The molecule has 2 aromatic carbocycles. The largest absolute Gasteiger partial charge is 0.507 e. The average molecular weight is 547 g/mol. The normalized spacial score (nSPS) is 23.1. The Hall–Kier alpha value is -4.04. The highest BCUT2D eigenvalue weighted by Gasteiger charge is 2.56. The van der Waals surface area contributed by atoms with Crippen LogP contribution in [0, 0.1) is 6.92 Å². The Morgan fingerprint density at radius 3 is 2.67 bits per heavy atom. The van der Waals surface area contributed by atoms with Crippen LogP contribution in [0.4, 0.5) is 0 Å². The standard InChI is InChI=1S/C30H27ClN2O6/c1-12-26(36)23(14(3)34)28-24(27(12)37)30(4)21(39-28)11-20(35)22(29(30)38)13(2)32-19-7-5-6-16-17-10-15(31)8-9-18(17)33-25(16)19/h8-11,19,32-33,36-37H,5-7H2,1-4H3/t19?,30-/m0/s1. The molecule has 1 aliphatic heterocycles. The van der Waals surface area contributed by atoms with Gasteiger partial charge in [-0.05, 0) is 70.7 Å². The van der Waals surface area contributed by atoms with Crippen LogP contribution < -0.4 is 10.1 Å². The number of ether oxygens (including phenoxy) is 1. The number of phenolic OH excluding ortho intramolecular Hbond substituents is 2. The van der Waals surface area contributed by atoms with E-state index >= 15 is 0 Å². The molecule has 3 aromatic rings. The van der Waals surface area contributed by atoms with Gasteiger partial charge in [-0.2, -0.15) is 0 Å². The number of hydrogen-bond donors (Lipinski definition) is 4. The van der Waals surface area contributed by atoms with Gasteiger partial charge in [0.2, 0.25) is 0 Å². The average Bonchev–Trinajstić information content (AvgIpc) is 3.39. The fourth-order valence-corrected chi connectivity index (χ4v) is 6.45. The number of aryl methyl sites for hydroxylation is 1. The molecule has 0 saturated carbocycles. The number of ketones is 3. The Morgan fingerprint density at radius 1 is 1.21 bits per heavy atom. The van der Waals surface area contributed by atoms with Crippen molar-refractivity contribution in [3.63, 3.8) is 0 Å². The van der Waals surface area contributed by atoms with E-state index in [-0.39, 0.29) is 45.6 Å². The van der Waals surface area contributed by atoms with Gasteiger partial charge in [-0.15, -0.1) is 0 Å². The second kappa shape index (κ2) is 8.48. The zero-order chi connectivity index (χ0) is 28.0. The van der Waals surface area contributed by atoms with Crippen LogP contribution in [0.1, 0.15) is 72.4 Å². The minimum absolute atomic E-state index is 0.0132. The molecule has 200 valence electrons. The van der Waals surface area contributed by atoms with Crippen LogP contribution in [0.2, 0.25) is 5.02 Å². The number of rotatable bonds is 3. The van der Waals surface area contributed by atoms with Gasteiger partial charge in [-0.3, -0.25) is 14.4 Å². The van der Waals surface area contributed by atoms with E-state index in [1.54, 1.807) is 13.8 Å². The first-order valence-corrected chi connectivity index (χ1v) is 13.2. The highest BCUT2D eigenvalue weighted by Crippen LogP contribution is 2.57. The molecule has 2 aliphatic carbocycles. The smallest absolute Gasteiger partial charge is 0.194 e. The van der Waals surface area contributed by atoms with Gasteiger partial charge in [0.1, 0.15) is 34.0 Å². The van der Waals surface area contributed by atoms with Crippen molar-refractivity contribution in [2.24, 2.45) is 0 Å². The maximum absolute atomic E-state index is 14.1. The summed E-state index contributed by atoms with van der Waals surface area (Å²) in [5, 5.41) is 26.7. The molecule has 0 bridgehead atoms. The quantitative estimate of drug-likeness (QED) is 0.197. The van der Waals surface area contributed by atoms with Crippen molar-refractivity contribution >= 4 is 39.9 Å². The molecule has 0 spiro atoms. The Bertz CT molecular complexity index is 1730. The first kappa shape index (κ1) is 25.2. The summed E-state index contributed by atoms with van der Waals surface area (Å²) in [6.45, 7) is 5.98. The van der Waals surface area contributed by atoms with Crippen LogP contribution in [0.5, 0.6) is 17.2 Å². The summed E-state index contributed by atoms with van der Waals surface area (Å²) in [6.07, 6.45) is 3.84. The van der Waals surface area contributed by atoms with Gasteiger partial charge in [-0.25, -0.2) is 0 Å². The van der Waals surface area contributed by atoms with Crippen molar-refractivity contribution in [2.75, 3.05) is 0 Å². The van der Waals surface area contributed by atoms with E-state index in [1.807, 2.05) is 18.2 Å². The summed E-state index contributed by atoms with van der Waals surface area (Å²) in [7, 11) is 0. The molecule has 2 heterocycles. The molecule has 8 nitrogen and oxygen atoms in total. The van der Waals surface area contributed by atoms with Crippen molar-refractivity contribution in [1.29, 1.82) is 0 Å². The highest BCUT2D eigenvalue weighted by molar-refractivity contribution is 6.32. The van der Waals surface area contributed by atoms with Crippen molar-refractivity contribution in [3.05, 3.63) is 74.3 Å². The molecule has 0 saturated heterocycles. The highest BCUT2D eigenvalue weighted by atomic mass is 35.5. The summed E-state index contributed by atoms with van der Waals surface area (Å²) < 4.78 is 5.85. The third-order valence-corrected chi connectivity index (χ3v) is 8.55. The number of halogens is 1. The van der Waals surface area contributed by atoms with Gasteiger partial charge in [0.05, 0.1) is 17.2 Å². The molecule has 3 aliphatic rings. The first-order valence-electron chi connectivity index (χ1n) is 12.8. The number of aromatic hydroxyl groups is 2. The molecule has 0 fully saturated rings. The molecule has 0 radical (unpaired) electrons. The third-order valence-electron chi connectivity index (χ3n) is 8.32. The number of aromatic amines is 1. The summed E-state index contributed by atoms with van der Waals surface area (Å²) in [6, 6.07) is 5.57. The van der Waals surface area contributed by atoms with Gasteiger partial charge in [0.15, 0.2) is 17.3 Å². The van der Waals surface area contributed by atoms with Crippen molar-refractivity contribution in [3.8, 4) is 17.2 Å². The van der Waals surface area contributed by atoms with Crippen molar-refractivity contribution in [2.45, 2.75) is 58.4 Å². The first-order chi connectivity index (χ1) is 18.4. The van der Waals surface area contributed by atoms with E-state index in [0.29, 0.717) is 10.7 Å². The van der Waals surface area contributed by atoms with Crippen LogP contribution in [-0.2, 0) is 21.4 Å². The molecule has 1 unspecified atom stereocenters. The summed E-state index contributed by atoms with van der Waals surface area (Å²) >= 11 is 6.24. The predicted octanol–water partition coefficient (Wildman–Crippen LogP) is 5.37. The number of fused-ring (bicyclic) bond motifs is 6. The molecule has 39 heavy (non-hydrogen) atoms. The van der Waals surface area contributed by atoms with Crippen LogP contribution in [0.15, 0.2) is 41.3 Å². The number of allylic oxidation sites excluding steroid dienone is 4.